The van der Waals surface area contributed by atoms with Gasteiger partial charge in [-0.05, 0) is 31.9 Å². The van der Waals surface area contributed by atoms with Gasteiger partial charge in [0.25, 0.3) is 10.0 Å². The predicted molar refractivity (Wildman–Crippen MR) is 80.0 cm³/mol. The molecule has 0 atom stereocenters. The van der Waals surface area contributed by atoms with Crippen molar-refractivity contribution in [3.63, 3.8) is 0 Å². The third-order valence-corrected chi connectivity index (χ3v) is 4.80. The van der Waals surface area contributed by atoms with E-state index in [0.717, 1.165) is 31.2 Å². The van der Waals surface area contributed by atoms with Crippen LogP contribution in [0.1, 0.15) is 37.7 Å². The summed E-state index contributed by atoms with van der Waals surface area (Å²) < 4.78 is 27.8. The topological polar surface area (TPSA) is 84.5 Å². The fraction of sp³-hybridized carbons (Fsp3) is 0.500. The molecule has 1 fully saturated rings. The molecular formula is C14H21N3O2S. The number of aryl methyl sites for hydroxylation is 1. The summed E-state index contributed by atoms with van der Waals surface area (Å²) in [5.41, 5.74) is 6.72. The van der Waals surface area contributed by atoms with Gasteiger partial charge in [0.2, 0.25) is 5.96 Å². The van der Waals surface area contributed by atoms with Crippen molar-refractivity contribution in [3.05, 3.63) is 29.8 Å². The Morgan fingerprint density at radius 3 is 2.40 bits per heavy atom. The number of rotatable bonds is 3. The first kappa shape index (κ1) is 14.8. The van der Waals surface area contributed by atoms with Gasteiger partial charge in [-0.2, -0.15) is 8.42 Å². The molecule has 0 saturated heterocycles. The van der Waals surface area contributed by atoms with E-state index in [-0.39, 0.29) is 16.9 Å². The number of guanidine groups is 1. The Labute approximate surface area is 120 Å². The third kappa shape index (κ3) is 3.96. The highest BCUT2D eigenvalue weighted by Crippen LogP contribution is 2.17. The SMILES string of the molecule is Cc1ccc(S(=O)(=O)/N=C(\N)NC2CCCCC2)cc1. The van der Waals surface area contributed by atoms with E-state index in [1.807, 2.05) is 6.92 Å². The summed E-state index contributed by atoms with van der Waals surface area (Å²) >= 11 is 0. The third-order valence-electron chi connectivity index (χ3n) is 3.49. The number of nitrogens with one attached hydrogen (secondary N) is 1. The van der Waals surface area contributed by atoms with Crippen LogP contribution in [-0.2, 0) is 10.0 Å². The maximum absolute atomic E-state index is 12.1. The molecule has 0 radical (unpaired) electrons. The molecule has 1 aliphatic carbocycles. The number of benzene rings is 1. The lowest BCUT2D eigenvalue weighted by molar-refractivity contribution is 0.413. The summed E-state index contributed by atoms with van der Waals surface area (Å²) in [6, 6.07) is 6.81. The standard InChI is InChI=1S/C14H21N3O2S/c1-11-7-9-13(10-8-11)20(18,19)17-14(15)16-12-5-3-2-4-6-12/h7-10,12H,2-6H2,1H3,(H3,15,16,17). The molecule has 6 heteroatoms. The Balaban J connectivity index is 2.09. The fourth-order valence-corrected chi connectivity index (χ4v) is 3.27. The molecule has 0 bridgehead atoms. The van der Waals surface area contributed by atoms with E-state index >= 15 is 0 Å². The Morgan fingerprint density at radius 2 is 1.80 bits per heavy atom. The number of nitrogens with zero attached hydrogens (tertiary/aromatic N) is 1. The lowest BCUT2D eigenvalue weighted by Gasteiger charge is -2.22. The van der Waals surface area contributed by atoms with Crippen LogP contribution in [0.3, 0.4) is 0 Å². The van der Waals surface area contributed by atoms with Gasteiger partial charge in [0.05, 0.1) is 4.90 Å². The molecule has 20 heavy (non-hydrogen) atoms. The van der Waals surface area contributed by atoms with Crippen LogP contribution in [0.5, 0.6) is 0 Å². The fourth-order valence-electron chi connectivity index (χ4n) is 2.37. The number of hydrogen-bond acceptors (Lipinski definition) is 2. The Kier molecular flexibility index (Phi) is 4.65. The average Bonchev–Trinajstić information content (AvgIpc) is 2.39. The van der Waals surface area contributed by atoms with Crippen molar-refractivity contribution in [2.45, 2.75) is 50.0 Å². The van der Waals surface area contributed by atoms with Crippen LogP contribution in [0.4, 0.5) is 0 Å². The first-order chi connectivity index (χ1) is 9.47. The molecule has 0 amide bonds. The predicted octanol–water partition coefficient (Wildman–Crippen LogP) is 1.92. The van der Waals surface area contributed by atoms with Gasteiger partial charge in [-0.15, -0.1) is 4.40 Å². The summed E-state index contributed by atoms with van der Waals surface area (Å²) in [4.78, 5) is 0.163. The summed E-state index contributed by atoms with van der Waals surface area (Å²) in [7, 11) is -3.73. The number of nitrogens with two attached hydrogens (primary N) is 1. The van der Waals surface area contributed by atoms with Gasteiger partial charge in [0, 0.05) is 6.04 Å². The second-order valence-corrected chi connectivity index (χ2v) is 6.85. The minimum absolute atomic E-state index is 0.0162. The highest BCUT2D eigenvalue weighted by molar-refractivity contribution is 7.90. The Bertz CT molecular complexity index is 573. The van der Waals surface area contributed by atoms with Crippen LogP contribution in [0, 0.1) is 6.92 Å². The summed E-state index contributed by atoms with van der Waals surface area (Å²) in [5.74, 6) is -0.0162. The lowest BCUT2D eigenvalue weighted by atomic mass is 9.96. The van der Waals surface area contributed by atoms with E-state index in [9.17, 15) is 8.42 Å². The minimum atomic E-state index is -3.73. The number of hydrogen-bond donors (Lipinski definition) is 2. The highest BCUT2D eigenvalue weighted by Gasteiger charge is 2.17. The van der Waals surface area contributed by atoms with Crippen molar-refractivity contribution in [1.29, 1.82) is 0 Å². The van der Waals surface area contributed by atoms with Crippen LogP contribution >= 0.6 is 0 Å². The van der Waals surface area contributed by atoms with E-state index in [4.69, 9.17) is 5.73 Å². The normalized spacial score (nSPS) is 17.9. The number of sulfonamides is 1. The van der Waals surface area contributed by atoms with E-state index in [1.54, 1.807) is 24.3 Å². The summed E-state index contributed by atoms with van der Waals surface area (Å²) in [6.45, 7) is 1.90. The average molecular weight is 295 g/mol. The van der Waals surface area contributed by atoms with Crippen LogP contribution in [0.2, 0.25) is 0 Å². The van der Waals surface area contributed by atoms with Crippen LogP contribution in [-0.4, -0.2) is 20.4 Å². The largest absolute Gasteiger partial charge is 0.369 e. The molecule has 110 valence electrons. The van der Waals surface area contributed by atoms with Gasteiger partial charge in [0.15, 0.2) is 0 Å². The van der Waals surface area contributed by atoms with Gasteiger partial charge in [-0.25, -0.2) is 0 Å². The molecule has 0 unspecified atom stereocenters. The second kappa shape index (κ2) is 6.26. The molecule has 0 heterocycles. The first-order valence-corrected chi connectivity index (χ1v) is 8.35. The van der Waals surface area contributed by atoms with E-state index < -0.39 is 10.0 Å². The van der Waals surface area contributed by atoms with Crippen molar-refractivity contribution < 1.29 is 8.42 Å². The Hall–Kier alpha value is -1.56. The summed E-state index contributed by atoms with van der Waals surface area (Å²) in [6.07, 6.45) is 5.56. The quantitative estimate of drug-likeness (QED) is 0.659. The first-order valence-electron chi connectivity index (χ1n) is 6.91. The van der Waals surface area contributed by atoms with Gasteiger partial charge in [0.1, 0.15) is 0 Å². The molecule has 3 N–H and O–H groups in total. The molecule has 2 rings (SSSR count). The molecule has 0 aromatic heterocycles. The lowest BCUT2D eigenvalue weighted by Crippen LogP contribution is -2.41. The minimum Gasteiger partial charge on any atom is -0.369 e. The van der Waals surface area contributed by atoms with Gasteiger partial charge < -0.3 is 11.1 Å². The molecule has 1 saturated carbocycles. The Morgan fingerprint density at radius 1 is 1.20 bits per heavy atom. The molecule has 1 aromatic rings. The molecule has 5 nitrogen and oxygen atoms in total. The van der Waals surface area contributed by atoms with Crippen molar-refractivity contribution >= 4 is 16.0 Å². The van der Waals surface area contributed by atoms with Crippen LogP contribution in [0.25, 0.3) is 0 Å². The van der Waals surface area contributed by atoms with Gasteiger partial charge in [-0.1, -0.05) is 37.0 Å². The maximum atomic E-state index is 12.1. The molecule has 1 aromatic carbocycles. The second-order valence-electron chi connectivity index (χ2n) is 5.24. The van der Waals surface area contributed by atoms with Crippen molar-refractivity contribution in [1.82, 2.24) is 5.32 Å². The van der Waals surface area contributed by atoms with Crippen LogP contribution in [0.15, 0.2) is 33.6 Å². The van der Waals surface area contributed by atoms with Gasteiger partial charge >= 0.3 is 0 Å². The van der Waals surface area contributed by atoms with E-state index in [2.05, 4.69) is 9.71 Å². The highest BCUT2D eigenvalue weighted by atomic mass is 32.2. The zero-order valence-corrected chi connectivity index (χ0v) is 12.5. The smallest absolute Gasteiger partial charge is 0.285 e. The summed E-state index contributed by atoms with van der Waals surface area (Å²) in [5, 5.41) is 3.00. The zero-order valence-electron chi connectivity index (χ0n) is 11.7. The molecule has 1 aliphatic rings. The maximum Gasteiger partial charge on any atom is 0.285 e. The molecule has 0 aliphatic heterocycles. The van der Waals surface area contributed by atoms with Crippen molar-refractivity contribution in [2.24, 2.45) is 10.1 Å². The zero-order chi connectivity index (χ0) is 14.6. The van der Waals surface area contributed by atoms with Gasteiger partial charge in [-0.3, -0.25) is 0 Å². The monoisotopic (exact) mass is 295 g/mol. The van der Waals surface area contributed by atoms with Crippen LogP contribution < -0.4 is 11.1 Å². The molecule has 0 spiro atoms. The van der Waals surface area contributed by atoms with E-state index in [1.165, 1.54) is 6.42 Å². The van der Waals surface area contributed by atoms with E-state index in [0.29, 0.717) is 0 Å². The van der Waals surface area contributed by atoms with Crippen molar-refractivity contribution in [3.8, 4) is 0 Å². The van der Waals surface area contributed by atoms with Crippen molar-refractivity contribution in [2.75, 3.05) is 0 Å². The molecular weight excluding hydrogens is 274 g/mol.